The van der Waals surface area contributed by atoms with Crippen LogP contribution in [0, 0.1) is 0 Å². The van der Waals surface area contributed by atoms with Gasteiger partial charge in [0.25, 0.3) is 5.91 Å². The van der Waals surface area contributed by atoms with Gasteiger partial charge >= 0.3 is 0 Å². The topological polar surface area (TPSA) is 74.8 Å². The van der Waals surface area contributed by atoms with E-state index in [0.717, 1.165) is 4.88 Å². The molecule has 0 unspecified atom stereocenters. The van der Waals surface area contributed by atoms with E-state index in [0.29, 0.717) is 35.2 Å². The molecule has 3 heterocycles. The molecule has 0 aromatic carbocycles. The molecule has 6 nitrogen and oxygen atoms in total. The van der Waals surface area contributed by atoms with Gasteiger partial charge in [0.15, 0.2) is 9.84 Å². The molecule has 0 N–H and O–H groups in total. The van der Waals surface area contributed by atoms with Crippen molar-refractivity contribution in [2.45, 2.75) is 32.2 Å². The SMILES string of the molecule is CCN(C(=O)CCCN1C(=O)/C(=C\c2cccs2)SC1=S)[C@@H]1CCS(=O)(=O)C1. The van der Waals surface area contributed by atoms with Crippen LogP contribution in [-0.4, -0.2) is 65.0 Å². The minimum Gasteiger partial charge on any atom is -0.339 e. The second-order valence-electron chi connectivity index (χ2n) is 6.69. The molecule has 2 saturated heterocycles. The van der Waals surface area contributed by atoms with E-state index in [9.17, 15) is 18.0 Å². The predicted octanol–water partition coefficient (Wildman–Crippen LogP) is 2.77. The molecule has 2 fully saturated rings. The van der Waals surface area contributed by atoms with E-state index in [1.165, 1.54) is 11.8 Å². The van der Waals surface area contributed by atoms with Gasteiger partial charge in [-0.25, -0.2) is 8.42 Å². The van der Waals surface area contributed by atoms with Crippen molar-refractivity contribution in [3.8, 4) is 0 Å². The summed E-state index contributed by atoms with van der Waals surface area (Å²) in [6, 6.07) is 3.64. The van der Waals surface area contributed by atoms with E-state index in [1.54, 1.807) is 21.1 Å². The van der Waals surface area contributed by atoms with Crippen molar-refractivity contribution in [2.24, 2.45) is 0 Å². The number of thioether (sulfide) groups is 1. The summed E-state index contributed by atoms with van der Waals surface area (Å²) in [7, 11) is -3.03. The van der Waals surface area contributed by atoms with Crippen molar-refractivity contribution in [3.63, 3.8) is 0 Å². The monoisotopic (exact) mass is 458 g/mol. The van der Waals surface area contributed by atoms with Crippen LogP contribution in [0.1, 0.15) is 31.1 Å². The number of thiophene rings is 1. The van der Waals surface area contributed by atoms with Crippen molar-refractivity contribution >= 4 is 67.4 Å². The molecule has 152 valence electrons. The van der Waals surface area contributed by atoms with E-state index in [1.807, 2.05) is 30.5 Å². The van der Waals surface area contributed by atoms with Crippen molar-refractivity contribution in [1.82, 2.24) is 9.80 Å². The Morgan fingerprint density at radius 3 is 2.86 bits per heavy atom. The Balaban J connectivity index is 1.53. The maximum absolute atomic E-state index is 12.6. The predicted molar refractivity (Wildman–Crippen MR) is 118 cm³/mol. The van der Waals surface area contributed by atoms with Crippen molar-refractivity contribution in [1.29, 1.82) is 0 Å². The number of carbonyl (C=O) groups excluding carboxylic acids is 2. The molecule has 2 amide bonds. The zero-order chi connectivity index (χ0) is 20.3. The van der Waals surface area contributed by atoms with Gasteiger partial charge in [-0.1, -0.05) is 30.0 Å². The van der Waals surface area contributed by atoms with Crippen LogP contribution < -0.4 is 0 Å². The molecule has 0 spiro atoms. The van der Waals surface area contributed by atoms with Gasteiger partial charge in [0, 0.05) is 30.4 Å². The van der Waals surface area contributed by atoms with Crippen LogP contribution in [0.4, 0.5) is 0 Å². The average molecular weight is 459 g/mol. The molecule has 0 radical (unpaired) electrons. The third kappa shape index (κ3) is 5.03. The number of carbonyl (C=O) groups is 2. The van der Waals surface area contributed by atoms with Gasteiger partial charge in [-0.2, -0.15) is 0 Å². The first-order valence-electron chi connectivity index (χ1n) is 9.09. The minimum atomic E-state index is -3.03. The van der Waals surface area contributed by atoms with E-state index < -0.39 is 9.84 Å². The number of rotatable bonds is 7. The number of amides is 2. The largest absolute Gasteiger partial charge is 0.339 e. The molecule has 0 saturated carbocycles. The van der Waals surface area contributed by atoms with Crippen molar-refractivity contribution in [2.75, 3.05) is 24.6 Å². The molecular weight excluding hydrogens is 436 g/mol. The molecule has 1 atom stereocenters. The molecule has 3 rings (SSSR count). The zero-order valence-electron chi connectivity index (χ0n) is 15.5. The average Bonchev–Trinajstić information content (AvgIpc) is 3.33. The summed E-state index contributed by atoms with van der Waals surface area (Å²) >= 11 is 8.17. The highest BCUT2D eigenvalue weighted by atomic mass is 32.2. The smallest absolute Gasteiger partial charge is 0.266 e. The molecule has 2 aliphatic heterocycles. The maximum atomic E-state index is 12.6. The van der Waals surface area contributed by atoms with Crippen molar-refractivity contribution < 1.29 is 18.0 Å². The lowest BCUT2D eigenvalue weighted by molar-refractivity contribution is -0.133. The Labute approximate surface area is 178 Å². The third-order valence-corrected chi connectivity index (χ3v) is 8.72. The fourth-order valence-corrected chi connectivity index (χ4v) is 7.15. The van der Waals surface area contributed by atoms with Crippen LogP contribution in [0.3, 0.4) is 0 Å². The van der Waals surface area contributed by atoms with Gasteiger partial charge in [-0.3, -0.25) is 14.5 Å². The second-order valence-corrected chi connectivity index (χ2v) is 11.6. The Hall–Kier alpha value is -1.23. The molecule has 28 heavy (non-hydrogen) atoms. The highest BCUT2D eigenvalue weighted by Gasteiger charge is 2.34. The summed E-state index contributed by atoms with van der Waals surface area (Å²) in [5.74, 6) is 0.0119. The first-order valence-corrected chi connectivity index (χ1v) is 13.0. The Morgan fingerprint density at radius 2 is 2.25 bits per heavy atom. The van der Waals surface area contributed by atoms with Crippen LogP contribution in [0.5, 0.6) is 0 Å². The van der Waals surface area contributed by atoms with Crippen LogP contribution in [0.25, 0.3) is 6.08 Å². The number of hydrogen-bond acceptors (Lipinski definition) is 7. The van der Waals surface area contributed by atoms with Gasteiger partial charge in [0.1, 0.15) is 4.32 Å². The Kier molecular flexibility index (Phi) is 6.95. The molecule has 0 aliphatic carbocycles. The van der Waals surface area contributed by atoms with Gasteiger partial charge in [0.05, 0.1) is 16.4 Å². The first-order chi connectivity index (χ1) is 13.3. The fourth-order valence-electron chi connectivity index (χ4n) is 3.39. The summed E-state index contributed by atoms with van der Waals surface area (Å²) < 4.78 is 23.9. The lowest BCUT2D eigenvalue weighted by Crippen LogP contribution is -2.41. The van der Waals surface area contributed by atoms with Gasteiger partial charge < -0.3 is 4.90 Å². The standard InChI is InChI=1S/C18H22N2O4S4/c1-2-19(13-7-10-28(23,24)12-13)16(21)6-3-8-20-17(22)15(27-18(20)25)11-14-5-4-9-26-14/h4-5,9,11,13H,2-3,6-8,10,12H2,1H3/b15-11+/t13-/m1/s1. The Bertz CT molecular complexity index is 893. The fraction of sp³-hybridized carbons (Fsp3) is 0.500. The normalized spacial score (nSPS) is 23.0. The maximum Gasteiger partial charge on any atom is 0.266 e. The Morgan fingerprint density at radius 1 is 1.46 bits per heavy atom. The molecular formula is C18H22N2O4S4. The highest BCUT2D eigenvalue weighted by molar-refractivity contribution is 8.26. The lowest BCUT2D eigenvalue weighted by Gasteiger charge is -2.27. The van der Waals surface area contributed by atoms with Crippen LogP contribution in [-0.2, 0) is 19.4 Å². The third-order valence-electron chi connectivity index (χ3n) is 4.77. The first kappa shape index (κ1) is 21.5. The van der Waals surface area contributed by atoms with Crippen LogP contribution in [0.15, 0.2) is 22.4 Å². The number of nitrogens with zero attached hydrogens (tertiary/aromatic N) is 2. The van der Waals surface area contributed by atoms with Gasteiger partial charge in [-0.05, 0) is 37.3 Å². The summed E-state index contributed by atoms with van der Waals surface area (Å²) in [6.07, 6.45) is 3.11. The van der Waals surface area contributed by atoms with Gasteiger partial charge in [0.2, 0.25) is 5.91 Å². The highest BCUT2D eigenvalue weighted by Crippen LogP contribution is 2.33. The zero-order valence-corrected chi connectivity index (χ0v) is 18.8. The van der Waals surface area contributed by atoms with Crippen LogP contribution in [0.2, 0.25) is 0 Å². The summed E-state index contributed by atoms with van der Waals surface area (Å²) in [5.41, 5.74) is 0. The van der Waals surface area contributed by atoms with E-state index in [-0.39, 0.29) is 35.8 Å². The molecule has 10 heteroatoms. The number of thiocarbonyl (C=S) groups is 1. The molecule has 2 aliphatic rings. The summed E-state index contributed by atoms with van der Waals surface area (Å²) in [6.45, 7) is 2.74. The van der Waals surface area contributed by atoms with E-state index in [2.05, 4.69) is 0 Å². The van der Waals surface area contributed by atoms with E-state index in [4.69, 9.17) is 12.2 Å². The second kappa shape index (κ2) is 9.06. The number of hydrogen-bond donors (Lipinski definition) is 0. The summed E-state index contributed by atoms with van der Waals surface area (Å²) in [4.78, 5) is 30.0. The lowest BCUT2D eigenvalue weighted by atomic mass is 10.2. The molecule has 0 bridgehead atoms. The minimum absolute atomic E-state index is 0.0504. The number of sulfone groups is 1. The molecule has 1 aromatic heterocycles. The van der Waals surface area contributed by atoms with Gasteiger partial charge in [-0.15, -0.1) is 11.3 Å². The van der Waals surface area contributed by atoms with Crippen molar-refractivity contribution in [3.05, 3.63) is 27.3 Å². The van der Waals surface area contributed by atoms with Crippen LogP contribution >= 0.6 is 35.3 Å². The quantitative estimate of drug-likeness (QED) is 0.462. The van der Waals surface area contributed by atoms with E-state index >= 15 is 0 Å². The molecule has 1 aromatic rings. The summed E-state index contributed by atoms with van der Waals surface area (Å²) in [5, 5.41) is 1.95.